The van der Waals surface area contributed by atoms with Crippen molar-refractivity contribution in [2.45, 2.75) is 45.2 Å². The highest BCUT2D eigenvalue weighted by Crippen LogP contribution is 2.44. The van der Waals surface area contributed by atoms with E-state index in [1.165, 1.54) is 24.0 Å². The number of fused-ring (bicyclic) bond motifs is 1. The lowest BCUT2D eigenvalue weighted by Crippen LogP contribution is -2.48. The van der Waals surface area contributed by atoms with Gasteiger partial charge in [-0.3, -0.25) is 4.90 Å². The second kappa shape index (κ2) is 9.39. The van der Waals surface area contributed by atoms with Gasteiger partial charge in [-0.1, -0.05) is 29.8 Å². The quantitative estimate of drug-likeness (QED) is 0.253. The first-order chi connectivity index (χ1) is 17.4. The van der Waals surface area contributed by atoms with Gasteiger partial charge in [0, 0.05) is 60.4 Å². The Bertz CT molecular complexity index is 1430. The number of nitrogens with zero attached hydrogens (tertiary/aromatic N) is 3. The van der Waals surface area contributed by atoms with Crippen LogP contribution in [0.2, 0.25) is 5.02 Å². The van der Waals surface area contributed by atoms with Crippen LogP contribution >= 0.6 is 11.6 Å². The number of aromatic amines is 1. The number of phenols is 1. The number of halogens is 1. The topological polar surface area (TPSA) is 89.1 Å². The van der Waals surface area contributed by atoms with Gasteiger partial charge in [0.1, 0.15) is 5.75 Å². The number of hydrogen-bond acceptors (Lipinski definition) is 6. The van der Waals surface area contributed by atoms with E-state index >= 15 is 0 Å². The maximum absolute atomic E-state index is 11.3. The number of hydrogen-bond donors (Lipinski definition) is 4. The van der Waals surface area contributed by atoms with Gasteiger partial charge in [-0.15, -0.1) is 0 Å². The molecule has 4 N–H and O–H groups in total. The number of anilines is 2. The Balaban J connectivity index is 1.33. The molecule has 7 nitrogen and oxygen atoms in total. The summed E-state index contributed by atoms with van der Waals surface area (Å²) < 4.78 is 0. The van der Waals surface area contributed by atoms with Crippen LogP contribution in [0.1, 0.15) is 42.4 Å². The van der Waals surface area contributed by atoms with E-state index in [0.717, 1.165) is 41.7 Å². The van der Waals surface area contributed by atoms with Crippen LogP contribution in [0.5, 0.6) is 5.75 Å². The average Bonchev–Trinajstić information content (AvgIpc) is 3.63. The zero-order valence-electron chi connectivity index (χ0n) is 20.6. The standard InChI is InChI=1S/C28H31ClN6O/c1-16-3-6-21-22(12-31-24(21)9-16)26-23(29)13-32-28(34-26)33-25-11-19(18-4-5-18)10-20(27(25)36)15-35-8-7-30-17(2)14-35/h3,6,9-13,17-18,30-31,36H,4-5,7-8,14-15H2,1-2H3,(H,32,33,34)/t17-/m0/s1. The average molecular weight is 503 g/mol. The molecular formula is C28H31ClN6O. The van der Waals surface area contributed by atoms with Crippen LogP contribution in [0.15, 0.2) is 42.7 Å². The molecule has 1 atom stereocenters. The minimum Gasteiger partial charge on any atom is -0.505 e. The van der Waals surface area contributed by atoms with Gasteiger partial charge in [0.25, 0.3) is 0 Å². The van der Waals surface area contributed by atoms with Crippen molar-refractivity contribution in [3.8, 4) is 17.0 Å². The maximum atomic E-state index is 11.3. The molecule has 6 rings (SSSR count). The van der Waals surface area contributed by atoms with E-state index in [2.05, 4.69) is 63.6 Å². The van der Waals surface area contributed by atoms with Crippen molar-refractivity contribution in [3.63, 3.8) is 0 Å². The van der Waals surface area contributed by atoms with Gasteiger partial charge in [-0.05, 0) is 55.9 Å². The Morgan fingerprint density at radius 2 is 2.08 bits per heavy atom. The molecule has 4 aromatic rings. The fourth-order valence-corrected chi connectivity index (χ4v) is 5.35. The molecule has 2 aromatic heterocycles. The van der Waals surface area contributed by atoms with Gasteiger partial charge in [0.15, 0.2) is 0 Å². The van der Waals surface area contributed by atoms with E-state index in [1.807, 2.05) is 12.3 Å². The van der Waals surface area contributed by atoms with Gasteiger partial charge >= 0.3 is 0 Å². The Morgan fingerprint density at radius 3 is 2.89 bits per heavy atom. The molecule has 0 amide bonds. The lowest BCUT2D eigenvalue weighted by molar-refractivity contribution is 0.198. The van der Waals surface area contributed by atoms with E-state index in [0.29, 0.717) is 40.9 Å². The highest BCUT2D eigenvalue weighted by atomic mass is 35.5. The molecular weight excluding hydrogens is 472 g/mol. The molecule has 1 aliphatic heterocycles. The first-order valence-corrected chi connectivity index (χ1v) is 13.0. The predicted octanol–water partition coefficient (Wildman–Crippen LogP) is 5.71. The molecule has 1 saturated heterocycles. The zero-order chi connectivity index (χ0) is 24.8. The van der Waals surface area contributed by atoms with Crippen molar-refractivity contribution in [3.05, 3.63) is 64.4 Å². The summed E-state index contributed by atoms with van der Waals surface area (Å²) in [4.78, 5) is 14.9. The molecule has 2 fully saturated rings. The Labute approximate surface area is 215 Å². The van der Waals surface area contributed by atoms with Crippen LogP contribution in [-0.4, -0.2) is 50.6 Å². The summed E-state index contributed by atoms with van der Waals surface area (Å²) in [5.41, 5.74) is 6.63. The number of phenolic OH excluding ortho intramolecular Hbond substituents is 1. The van der Waals surface area contributed by atoms with Crippen LogP contribution in [0.4, 0.5) is 11.6 Å². The molecule has 186 valence electrons. The van der Waals surface area contributed by atoms with Crippen LogP contribution < -0.4 is 10.6 Å². The lowest BCUT2D eigenvalue weighted by atomic mass is 10.0. The van der Waals surface area contributed by atoms with Gasteiger partial charge in [-0.25, -0.2) is 9.97 Å². The number of aromatic hydroxyl groups is 1. The Hall–Kier alpha value is -3.13. The van der Waals surface area contributed by atoms with E-state index in [9.17, 15) is 5.11 Å². The molecule has 2 aliphatic rings. The molecule has 1 aliphatic carbocycles. The third kappa shape index (κ3) is 4.66. The molecule has 8 heteroatoms. The maximum Gasteiger partial charge on any atom is 0.227 e. The van der Waals surface area contributed by atoms with Crippen LogP contribution in [0.3, 0.4) is 0 Å². The highest BCUT2D eigenvalue weighted by Gasteiger charge is 2.27. The first kappa shape index (κ1) is 23.3. The minimum absolute atomic E-state index is 0.258. The molecule has 3 heterocycles. The van der Waals surface area contributed by atoms with E-state index in [1.54, 1.807) is 6.20 Å². The number of aromatic nitrogens is 3. The largest absolute Gasteiger partial charge is 0.505 e. The second-order valence-electron chi connectivity index (χ2n) is 10.2. The normalized spacial score (nSPS) is 18.6. The summed E-state index contributed by atoms with van der Waals surface area (Å²) in [5, 5.41) is 19.6. The monoisotopic (exact) mass is 502 g/mol. The summed E-state index contributed by atoms with van der Waals surface area (Å²) in [6.07, 6.45) is 5.93. The van der Waals surface area contributed by atoms with Crippen LogP contribution in [0, 0.1) is 6.92 Å². The van der Waals surface area contributed by atoms with Gasteiger partial charge in [0.05, 0.1) is 22.6 Å². The third-order valence-electron chi connectivity index (χ3n) is 7.19. The predicted molar refractivity (Wildman–Crippen MR) is 145 cm³/mol. The van der Waals surface area contributed by atoms with Gasteiger partial charge < -0.3 is 20.7 Å². The van der Waals surface area contributed by atoms with E-state index in [-0.39, 0.29) is 5.75 Å². The van der Waals surface area contributed by atoms with Gasteiger partial charge in [-0.2, -0.15) is 0 Å². The number of benzene rings is 2. The van der Waals surface area contributed by atoms with Crippen LogP contribution in [0.25, 0.3) is 22.2 Å². The minimum atomic E-state index is 0.258. The fourth-order valence-electron chi connectivity index (χ4n) is 5.16. The van der Waals surface area contributed by atoms with Crippen molar-refractivity contribution >= 4 is 34.1 Å². The van der Waals surface area contributed by atoms with Crippen molar-refractivity contribution in [1.29, 1.82) is 0 Å². The summed E-state index contributed by atoms with van der Waals surface area (Å²) >= 11 is 6.55. The summed E-state index contributed by atoms with van der Waals surface area (Å²) in [6.45, 7) is 7.87. The molecule has 0 unspecified atom stereocenters. The van der Waals surface area contributed by atoms with Crippen molar-refractivity contribution in [2.75, 3.05) is 25.0 Å². The first-order valence-electron chi connectivity index (χ1n) is 12.6. The molecule has 1 saturated carbocycles. The summed E-state index contributed by atoms with van der Waals surface area (Å²) in [7, 11) is 0. The van der Waals surface area contributed by atoms with E-state index < -0.39 is 0 Å². The molecule has 36 heavy (non-hydrogen) atoms. The summed E-state index contributed by atoms with van der Waals surface area (Å²) in [5.74, 6) is 1.22. The summed E-state index contributed by atoms with van der Waals surface area (Å²) in [6, 6.07) is 10.9. The number of piperazine rings is 1. The third-order valence-corrected chi connectivity index (χ3v) is 7.47. The zero-order valence-corrected chi connectivity index (χ0v) is 21.4. The van der Waals surface area contributed by atoms with Crippen LogP contribution in [-0.2, 0) is 6.54 Å². The highest BCUT2D eigenvalue weighted by molar-refractivity contribution is 6.33. The number of nitrogens with one attached hydrogen (secondary N) is 3. The Kier molecular flexibility index (Phi) is 6.07. The molecule has 2 aromatic carbocycles. The SMILES string of the molecule is Cc1ccc2c(-c3nc(Nc4cc(C5CC5)cc(CN5CCN[C@@H](C)C5)c4O)ncc3Cl)c[nH]c2c1. The van der Waals surface area contributed by atoms with Crippen molar-refractivity contribution < 1.29 is 5.11 Å². The number of H-pyrrole nitrogens is 1. The molecule has 0 radical (unpaired) electrons. The lowest BCUT2D eigenvalue weighted by Gasteiger charge is -2.32. The molecule has 0 spiro atoms. The fraction of sp³-hybridized carbons (Fsp3) is 0.357. The van der Waals surface area contributed by atoms with Crippen molar-refractivity contribution in [1.82, 2.24) is 25.2 Å². The smallest absolute Gasteiger partial charge is 0.227 e. The van der Waals surface area contributed by atoms with E-state index in [4.69, 9.17) is 16.6 Å². The number of aryl methyl sites for hydroxylation is 1. The Morgan fingerprint density at radius 1 is 1.22 bits per heavy atom. The molecule has 0 bridgehead atoms. The van der Waals surface area contributed by atoms with Gasteiger partial charge in [0.2, 0.25) is 5.95 Å². The number of rotatable bonds is 6. The second-order valence-corrected chi connectivity index (χ2v) is 10.6. The van der Waals surface area contributed by atoms with Crippen molar-refractivity contribution in [2.24, 2.45) is 0 Å².